The van der Waals surface area contributed by atoms with E-state index in [0.717, 1.165) is 0 Å². The summed E-state index contributed by atoms with van der Waals surface area (Å²) in [6.45, 7) is 11.5. The minimum atomic E-state index is -1.45. The lowest BCUT2D eigenvalue weighted by Crippen LogP contribution is -2.52. The van der Waals surface area contributed by atoms with Crippen molar-refractivity contribution >= 4 is 13.3 Å². The smallest absolute Gasteiger partial charge is 0.0867 e. The van der Waals surface area contributed by atoms with Crippen LogP contribution in [0.4, 0.5) is 0 Å². The van der Waals surface area contributed by atoms with Crippen molar-refractivity contribution in [2.45, 2.75) is 44.3 Å². The predicted octanol–water partition coefficient (Wildman–Crippen LogP) is 4.66. The van der Waals surface area contributed by atoms with Gasteiger partial charge in [-0.1, -0.05) is 79.8 Å². The van der Waals surface area contributed by atoms with E-state index in [-0.39, 0.29) is 0 Å². The van der Waals surface area contributed by atoms with E-state index in [1.165, 1.54) is 24.8 Å². The standard InChI is InChI=1S/C17H24Si/c1-5-15-10-9-13-17(2,14-15)18(3,4)16-11-7-6-8-12-16/h5-8,10-12H,1,9,13-14H2,2-4H3. The van der Waals surface area contributed by atoms with E-state index in [1.807, 2.05) is 6.08 Å². The van der Waals surface area contributed by atoms with Crippen LogP contribution in [0.5, 0.6) is 0 Å². The molecule has 0 fully saturated rings. The molecule has 0 saturated carbocycles. The third-order valence-corrected chi connectivity index (χ3v) is 10.2. The zero-order valence-electron chi connectivity index (χ0n) is 11.9. The summed E-state index contributed by atoms with van der Waals surface area (Å²) in [6, 6.07) is 11.1. The van der Waals surface area contributed by atoms with Crippen LogP contribution in [0, 0.1) is 0 Å². The van der Waals surface area contributed by atoms with E-state index >= 15 is 0 Å². The molecule has 1 heteroatoms. The fraction of sp³-hybridized carbons (Fsp3) is 0.412. The number of rotatable bonds is 3. The van der Waals surface area contributed by atoms with Crippen LogP contribution in [0.3, 0.4) is 0 Å². The number of hydrogen-bond acceptors (Lipinski definition) is 0. The highest BCUT2D eigenvalue weighted by molar-refractivity contribution is 6.92. The second kappa shape index (κ2) is 4.89. The molecule has 0 bridgehead atoms. The monoisotopic (exact) mass is 256 g/mol. The van der Waals surface area contributed by atoms with Gasteiger partial charge >= 0.3 is 0 Å². The van der Waals surface area contributed by atoms with Gasteiger partial charge in [0.25, 0.3) is 0 Å². The van der Waals surface area contributed by atoms with Crippen LogP contribution in [-0.2, 0) is 0 Å². The van der Waals surface area contributed by atoms with E-state index in [1.54, 1.807) is 5.19 Å². The van der Waals surface area contributed by atoms with Gasteiger partial charge in [-0.25, -0.2) is 0 Å². The summed E-state index contributed by atoms with van der Waals surface area (Å²) in [6.07, 6.45) is 8.14. The Morgan fingerprint density at radius 3 is 2.50 bits per heavy atom. The zero-order valence-corrected chi connectivity index (χ0v) is 12.9. The van der Waals surface area contributed by atoms with Crippen molar-refractivity contribution in [1.82, 2.24) is 0 Å². The van der Waals surface area contributed by atoms with Gasteiger partial charge in [-0.2, -0.15) is 0 Å². The fourth-order valence-electron chi connectivity index (χ4n) is 3.08. The first kappa shape index (κ1) is 13.4. The maximum absolute atomic E-state index is 3.95. The first-order chi connectivity index (χ1) is 8.49. The normalized spacial score (nSPS) is 24.5. The van der Waals surface area contributed by atoms with Crippen molar-refractivity contribution in [3.63, 3.8) is 0 Å². The molecule has 1 aromatic rings. The molecule has 0 aromatic heterocycles. The lowest BCUT2D eigenvalue weighted by atomic mass is 9.89. The molecular formula is C17H24Si. The van der Waals surface area contributed by atoms with Gasteiger partial charge in [0, 0.05) is 0 Å². The van der Waals surface area contributed by atoms with Gasteiger partial charge in [0.05, 0.1) is 8.07 Å². The molecule has 1 atom stereocenters. The summed E-state index contributed by atoms with van der Waals surface area (Å²) < 4.78 is 0. The summed E-state index contributed by atoms with van der Waals surface area (Å²) in [4.78, 5) is 0. The van der Waals surface area contributed by atoms with Gasteiger partial charge in [-0.15, -0.1) is 0 Å². The summed E-state index contributed by atoms with van der Waals surface area (Å²) in [5.41, 5.74) is 1.44. The van der Waals surface area contributed by atoms with Gasteiger partial charge in [0.15, 0.2) is 0 Å². The molecule has 1 aromatic carbocycles. The van der Waals surface area contributed by atoms with E-state index in [0.29, 0.717) is 5.04 Å². The van der Waals surface area contributed by atoms with Crippen molar-refractivity contribution < 1.29 is 0 Å². The van der Waals surface area contributed by atoms with Gasteiger partial charge in [0.1, 0.15) is 0 Å². The van der Waals surface area contributed by atoms with Crippen LogP contribution in [0.25, 0.3) is 0 Å². The minimum absolute atomic E-state index is 0.451. The third-order valence-electron chi connectivity index (χ3n) is 4.96. The second-order valence-corrected chi connectivity index (χ2v) is 11.3. The Kier molecular flexibility index (Phi) is 3.63. The number of benzene rings is 1. The average Bonchev–Trinajstić information content (AvgIpc) is 2.39. The molecule has 0 nitrogen and oxygen atoms in total. The van der Waals surface area contributed by atoms with E-state index in [9.17, 15) is 0 Å². The molecule has 1 unspecified atom stereocenters. The second-order valence-electron chi connectivity index (χ2n) is 6.25. The number of hydrogen-bond donors (Lipinski definition) is 0. The predicted molar refractivity (Wildman–Crippen MR) is 84.1 cm³/mol. The van der Waals surface area contributed by atoms with Crippen molar-refractivity contribution in [1.29, 1.82) is 0 Å². The molecule has 0 spiro atoms. The number of allylic oxidation sites excluding steroid dienone is 3. The molecule has 0 aliphatic heterocycles. The topological polar surface area (TPSA) is 0 Å². The fourth-order valence-corrected chi connectivity index (χ4v) is 6.22. The van der Waals surface area contributed by atoms with E-state index in [4.69, 9.17) is 0 Å². The molecular weight excluding hydrogens is 232 g/mol. The van der Waals surface area contributed by atoms with Crippen LogP contribution in [0.15, 0.2) is 54.6 Å². The lowest BCUT2D eigenvalue weighted by molar-refractivity contribution is 0.519. The highest BCUT2D eigenvalue weighted by Gasteiger charge is 2.44. The molecule has 0 heterocycles. The van der Waals surface area contributed by atoms with Crippen molar-refractivity contribution in [2.24, 2.45) is 0 Å². The van der Waals surface area contributed by atoms with Gasteiger partial charge < -0.3 is 0 Å². The summed E-state index contributed by atoms with van der Waals surface area (Å²) in [5, 5.41) is 2.03. The Labute approximate surface area is 112 Å². The maximum Gasteiger partial charge on any atom is 0.0867 e. The molecule has 1 aliphatic rings. The van der Waals surface area contributed by atoms with Crippen LogP contribution in [-0.4, -0.2) is 8.07 Å². The van der Waals surface area contributed by atoms with Gasteiger partial charge in [-0.05, 0) is 24.3 Å². The van der Waals surface area contributed by atoms with Crippen LogP contribution >= 0.6 is 0 Å². The van der Waals surface area contributed by atoms with Crippen LogP contribution in [0.2, 0.25) is 18.1 Å². The Hall–Kier alpha value is -1.08. The SMILES string of the molecule is C=CC1=CCCC(C)([Si](C)(C)c2ccccc2)C1. The Bertz CT molecular complexity index is 456. The first-order valence-corrected chi connectivity index (χ1v) is 9.87. The lowest BCUT2D eigenvalue weighted by Gasteiger charge is -2.45. The quantitative estimate of drug-likeness (QED) is 0.690. The third kappa shape index (κ3) is 2.24. The van der Waals surface area contributed by atoms with Crippen molar-refractivity contribution in [3.8, 4) is 0 Å². The summed E-state index contributed by atoms with van der Waals surface area (Å²) in [5.74, 6) is 0. The largest absolute Gasteiger partial charge is 0.0988 e. The van der Waals surface area contributed by atoms with Gasteiger partial charge in [-0.3, -0.25) is 0 Å². The highest BCUT2D eigenvalue weighted by atomic mass is 28.3. The zero-order chi connectivity index (χ0) is 13.2. The summed E-state index contributed by atoms with van der Waals surface area (Å²) >= 11 is 0. The molecule has 0 N–H and O–H groups in total. The van der Waals surface area contributed by atoms with E-state index < -0.39 is 8.07 Å². The molecule has 0 amide bonds. The van der Waals surface area contributed by atoms with E-state index in [2.05, 4.69) is 63.0 Å². The Morgan fingerprint density at radius 2 is 1.89 bits per heavy atom. The average molecular weight is 256 g/mol. The highest BCUT2D eigenvalue weighted by Crippen LogP contribution is 2.49. The molecule has 18 heavy (non-hydrogen) atoms. The molecule has 96 valence electrons. The van der Waals surface area contributed by atoms with Crippen LogP contribution < -0.4 is 5.19 Å². The van der Waals surface area contributed by atoms with Crippen molar-refractivity contribution in [2.75, 3.05) is 0 Å². The maximum atomic E-state index is 3.95. The van der Waals surface area contributed by atoms with Gasteiger partial charge in [0.2, 0.25) is 0 Å². The minimum Gasteiger partial charge on any atom is -0.0988 e. The molecule has 1 aliphatic carbocycles. The molecule has 2 rings (SSSR count). The van der Waals surface area contributed by atoms with Crippen molar-refractivity contribution in [3.05, 3.63) is 54.6 Å². The summed E-state index contributed by atoms with van der Waals surface area (Å²) in [7, 11) is -1.45. The van der Waals surface area contributed by atoms with Crippen LogP contribution in [0.1, 0.15) is 26.2 Å². The molecule has 0 radical (unpaired) electrons. The Balaban J connectivity index is 2.35. The Morgan fingerprint density at radius 1 is 1.22 bits per heavy atom. The first-order valence-electron chi connectivity index (χ1n) is 6.87. The molecule has 0 saturated heterocycles.